The molecule has 7 nitrogen and oxygen atoms in total. The van der Waals surface area contributed by atoms with E-state index >= 15 is 0 Å². The SMILES string of the molecule is C=CCOC(=O)C1=C(C)Nc2nc3ccccc3n2[C@H]1c1cccc(OC)c1OC. The van der Waals surface area contributed by atoms with E-state index in [2.05, 4.69) is 11.9 Å². The lowest BCUT2D eigenvalue weighted by Gasteiger charge is -2.31. The Morgan fingerprint density at radius 2 is 2.00 bits per heavy atom. The number of nitrogens with zero attached hydrogens (tertiary/aromatic N) is 2. The van der Waals surface area contributed by atoms with Gasteiger partial charge in [-0.05, 0) is 25.1 Å². The van der Waals surface area contributed by atoms with Crippen LogP contribution < -0.4 is 14.8 Å². The molecule has 0 spiro atoms. The second kappa shape index (κ2) is 7.94. The molecule has 1 aliphatic heterocycles. The Bertz CT molecular complexity index is 1160. The van der Waals surface area contributed by atoms with Crippen LogP contribution in [0.25, 0.3) is 11.0 Å². The Morgan fingerprint density at radius 1 is 1.20 bits per heavy atom. The summed E-state index contributed by atoms with van der Waals surface area (Å²) < 4.78 is 18.6. The van der Waals surface area contributed by atoms with Crippen LogP contribution >= 0.6 is 0 Å². The fraction of sp³-hybridized carbons (Fsp3) is 0.217. The van der Waals surface area contributed by atoms with Gasteiger partial charge in [0, 0.05) is 11.3 Å². The van der Waals surface area contributed by atoms with E-state index in [1.54, 1.807) is 20.3 Å². The summed E-state index contributed by atoms with van der Waals surface area (Å²) in [5, 5.41) is 3.26. The molecule has 4 rings (SSSR count). The highest BCUT2D eigenvalue weighted by atomic mass is 16.5. The predicted molar refractivity (Wildman–Crippen MR) is 115 cm³/mol. The number of rotatable bonds is 6. The van der Waals surface area contributed by atoms with Gasteiger partial charge in [-0.1, -0.05) is 36.9 Å². The van der Waals surface area contributed by atoms with Crippen molar-refractivity contribution < 1.29 is 19.0 Å². The summed E-state index contributed by atoms with van der Waals surface area (Å²) in [5.74, 6) is 1.34. The number of para-hydroxylation sites is 3. The van der Waals surface area contributed by atoms with Crippen LogP contribution in [0.1, 0.15) is 18.5 Å². The average Bonchev–Trinajstić information content (AvgIpc) is 3.13. The van der Waals surface area contributed by atoms with Crippen LogP contribution in [0.4, 0.5) is 5.95 Å². The largest absolute Gasteiger partial charge is 0.493 e. The van der Waals surface area contributed by atoms with Crippen LogP contribution in [-0.4, -0.2) is 36.3 Å². The van der Waals surface area contributed by atoms with Gasteiger partial charge in [0.25, 0.3) is 0 Å². The van der Waals surface area contributed by atoms with E-state index in [1.165, 1.54) is 0 Å². The maximum atomic E-state index is 13.1. The molecule has 0 aliphatic carbocycles. The standard InChI is InChI=1S/C23H23N3O4/c1-5-13-30-22(27)19-14(2)24-23-25-16-10-6-7-11-17(16)26(23)20(19)15-9-8-12-18(28-3)21(15)29-4/h5-12,20H,1,13H2,2-4H3,(H,24,25)/t20-/m0/s1. The van der Waals surface area contributed by atoms with E-state index in [-0.39, 0.29) is 6.61 Å². The zero-order valence-electron chi connectivity index (χ0n) is 17.1. The van der Waals surface area contributed by atoms with E-state index < -0.39 is 12.0 Å². The van der Waals surface area contributed by atoms with Crippen LogP contribution in [-0.2, 0) is 9.53 Å². The Labute approximate surface area is 174 Å². The molecule has 154 valence electrons. The normalized spacial score (nSPS) is 15.4. The Morgan fingerprint density at radius 3 is 2.73 bits per heavy atom. The molecule has 0 saturated heterocycles. The predicted octanol–water partition coefficient (Wildman–Crippen LogP) is 4.07. The highest BCUT2D eigenvalue weighted by Gasteiger charge is 2.37. The molecule has 0 unspecified atom stereocenters. The summed E-state index contributed by atoms with van der Waals surface area (Å²) in [5.41, 5.74) is 3.62. The van der Waals surface area contributed by atoms with Crippen molar-refractivity contribution in [1.82, 2.24) is 9.55 Å². The van der Waals surface area contributed by atoms with Crippen molar-refractivity contribution in [3.05, 3.63) is 72.0 Å². The first-order chi connectivity index (χ1) is 14.6. The van der Waals surface area contributed by atoms with E-state index in [0.717, 1.165) is 16.6 Å². The van der Waals surface area contributed by atoms with Gasteiger partial charge in [-0.2, -0.15) is 0 Å². The molecule has 1 aliphatic rings. The summed E-state index contributed by atoms with van der Waals surface area (Å²) in [6.45, 7) is 5.59. The number of carbonyl (C=O) groups excluding carboxylic acids is 1. The average molecular weight is 405 g/mol. The van der Waals surface area contributed by atoms with Gasteiger partial charge in [0.1, 0.15) is 6.61 Å². The van der Waals surface area contributed by atoms with Crippen LogP contribution in [0.5, 0.6) is 11.5 Å². The number of esters is 1. The topological polar surface area (TPSA) is 74.6 Å². The van der Waals surface area contributed by atoms with Gasteiger partial charge >= 0.3 is 5.97 Å². The molecular weight excluding hydrogens is 382 g/mol. The second-order valence-corrected chi connectivity index (χ2v) is 6.83. The number of benzene rings is 2. The van der Waals surface area contributed by atoms with Gasteiger partial charge in [-0.25, -0.2) is 9.78 Å². The quantitative estimate of drug-likeness (QED) is 0.492. The van der Waals surface area contributed by atoms with Crippen molar-refractivity contribution in [2.75, 3.05) is 26.1 Å². The van der Waals surface area contributed by atoms with Crippen molar-refractivity contribution in [3.8, 4) is 11.5 Å². The number of ether oxygens (including phenoxy) is 3. The van der Waals surface area contributed by atoms with Crippen LogP contribution in [0.2, 0.25) is 0 Å². The first-order valence-electron chi connectivity index (χ1n) is 9.54. The monoisotopic (exact) mass is 405 g/mol. The molecule has 1 atom stereocenters. The zero-order chi connectivity index (χ0) is 21.3. The molecule has 2 heterocycles. The number of hydrogen-bond donors (Lipinski definition) is 1. The number of methoxy groups -OCH3 is 2. The molecule has 3 aromatic rings. The van der Waals surface area contributed by atoms with Crippen LogP contribution in [0.3, 0.4) is 0 Å². The van der Waals surface area contributed by atoms with E-state index in [0.29, 0.717) is 28.7 Å². The van der Waals surface area contributed by atoms with E-state index in [9.17, 15) is 4.79 Å². The Kier molecular flexibility index (Phi) is 5.18. The smallest absolute Gasteiger partial charge is 0.338 e. The number of hydrogen-bond acceptors (Lipinski definition) is 6. The molecular formula is C23H23N3O4. The molecule has 1 aromatic heterocycles. The summed E-state index contributed by atoms with van der Waals surface area (Å²) in [4.78, 5) is 17.8. The summed E-state index contributed by atoms with van der Waals surface area (Å²) in [7, 11) is 3.17. The van der Waals surface area contributed by atoms with Crippen LogP contribution in [0.15, 0.2) is 66.4 Å². The molecule has 1 N–H and O–H groups in total. The molecule has 0 fully saturated rings. The first-order valence-corrected chi connectivity index (χ1v) is 9.54. The van der Waals surface area contributed by atoms with Gasteiger partial charge in [0.2, 0.25) is 5.95 Å². The van der Waals surface area contributed by atoms with E-state index in [1.807, 2.05) is 54.0 Å². The molecule has 0 saturated carbocycles. The minimum atomic E-state index is -0.518. The zero-order valence-corrected chi connectivity index (χ0v) is 17.1. The Hall–Kier alpha value is -3.74. The molecule has 30 heavy (non-hydrogen) atoms. The number of imidazole rings is 1. The van der Waals surface area contributed by atoms with Gasteiger partial charge in [-0.15, -0.1) is 0 Å². The third-order valence-electron chi connectivity index (χ3n) is 5.11. The van der Waals surface area contributed by atoms with Crippen molar-refractivity contribution in [2.45, 2.75) is 13.0 Å². The number of nitrogens with one attached hydrogen (secondary N) is 1. The maximum absolute atomic E-state index is 13.1. The second-order valence-electron chi connectivity index (χ2n) is 6.83. The van der Waals surface area contributed by atoms with Crippen molar-refractivity contribution in [1.29, 1.82) is 0 Å². The third-order valence-corrected chi connectivity index (χ3v) is 5.11. The molecule has 2 aromatic carbocycles. The van der Waals surface area contributed by atoms with Crippen LogP contribution in [0, 0.1) is 0 Å². The summed E-state index contributed by atoms with van der Waals surface area (Å²) in [6, 6.07) is 12.9. The van der Waals surface area contributed by atoms with Gasteiger partial charge in [0.15, 0.2) is 11.5 Å². The fourth-order valence-corrected chi connectivity index (χ4v) is 3.86. The lowest BCUT2D eigenvalue weighted by Crippen LogP contribution is -2.29. The fourth-order valence-electron chi connectivity index (χ4n) is 3.86. The van der Waals surface area contributed by atoms with Gasteiger partial charge in [0.05, 0.1) is 36.9 Å². The lowest BCUT2D eigenvalue weighted by molar-refractivity contribution is -0.138. The molecule has 7 heteroatoms. The van der Waals surface area contributed by atoms with Gasteiger partial charge < -0.3 is 19.5 Å². The third kappa shape index (κ3) is 3.08. The highest BCUT2D eigenvalue weighted by molar-refractivity contribution is 5.94. The molecule has 0 amide bonds. The number of allylic oxidation sites excluding steroid dienone is 1. The summed E-state index contributed by atoms with van der Waals surface area (Å²) >= 11 is 0. The first kappa shape index (κ1) is 19.6. The number of fused-ring (bicyclic) bond motifs is 3. The van der Waals surface area contributed by atoms with Crippen molar-refractivity contribution in [2.24, 2.45) is 0 Å². The minimum Gasteiger partial charge on any atom is -0.493 e. The van der Waals surface area contributed by atoms with Crippen molar-refractivity contribution >= 4 is 23.0 Å². The van der Waals surface area contributed by atoms with E-state index in [4.69, 9.17) is 19.2 Å². The minimum absolute atomic E-state index is 0.120. The highest BCUT2D eigenvalue weighted by Crippen LogP contribution is 2.45. The Balaban J connectivity index is 2.00. The molecule has 0 bridgehead atoms. The van der Waals surface area contributed by atoms with Crippen molar-refractivity contribution in [3.63, 3.8) is 0 Å². The maximum Gasteiger partial charge on any atom is 0.338 e. The number of anilines is 1. The number of carbonyl (C=O) groups is 1. The molecule has 0 radical (unpaired) electrons. The van der Waals surface area contributed by atoms with Gasteiger partial charge in [-0.3, -0.25) is 4.57 Å². The summed E-state index contributed by atoms with van der Waals surface area (Å²) in [6.07, 6.45) is 1.54. The lowest BCUT2D eigenvalue weighted by atomic mass is 9.94. The number of aromatic nitrogens is 2.